The molecule has 5 nitrogen and oxygen atoms in total. The minimum Gasteiger partial charge on any atom is -0.459 e. The Morgan fingerprint density at radius 3 is 2.71 bits per heavy atom. The van der Waals surface area contributed by atoms with Crippen molar-refractivity contribution in [3.8, 4) is 0 Å². The molecule has 8 rings (SSSR count). The molecule has 0 N–H and O–H groups in total. The van der Waals surface area contributed by atoms with Crippen LogP contribution in [-0.4, -0.2) is 36.4 Å². The Morgan fingerprint density at radius 2 is 1.92 bits per heavy atom. The SMILES string of the molecule is CC1=C2C3=C(CC[C@]45C(=O)O[C@@H]6[C@H]([C@@H]34)[C@H]2O[C@H]6C5C)[C@H]2OC(=O)[C@@H]12. The zero-order valence-electron chi connectivity index (χ0n) is 13.6. The maximum atomic E-state index is 12.9. The molecule has 4 aliphatic heterocycles. The maximum Gasteiger partial charge on any atom is 0.317 e. The quantitative estimate of drug-likeness (QED) is 0.632. The van der Waals surface area contributed by atoms with Gasteiger partial charge in [0.05, 0.1) is 17.6 Å². The predicted octanol–water partition coefficient (Wildman–Crippen LogP) is 1.52. The average molecular weight is 326 g/mol. The summed E-state index contributed by atoms with van der Waals surface area (Å²) >= 11 is 0. The lowest BCUT2D eigenvalue weighted by molar-refractivity contribution is -0.221. The second kappa shape index (κ2) is 3.36. The Bertz CT molecular complexity index is 837. The summed E-state index contributed by atoms with van der Waals surface area (Å²) in [6, 6.07) is 0. The minimum atomic E-state index is -0.430. The van der Waals surface area contributed by atoms with Crippen molar-refractivity contribution in [1.82, 2.24) is 0 Å². The van der Waals surface area contributed by atoms with Crippen molar-refractivity contribution in [3.63, 3.8) is 0 Å². The highest BCUT2D eigenvalue weighted by molar-refractivity contribution is 5.88. The Balaban J connectivity index is 1.57. The van der Waals surface area contributed by atoms with Crippen LogP contribution in [0.2, 0.25) is 0 Å². The van der Waals surface area contributed by atoms with E-state index in [0.29, 0.717) is 0 Å². The molecule has 124 valence electrons. The molecular formula is C19H18O5. The largest absolute Gasteiger partial charge is 0.459 e. The van der Waals surface area contributed by atoms with Crippen molar-refractivity contribution in [3.05, 3.63) is 22.3 Å². The van der Waals surface area contributed by atoms with Gasteiger partial charge in [-0.3, -0.25) is 9.59 Å². The molecule has 0 amide bonds. The maximum absolute atomic E-state index is 12.9. The fourth-order valence-electron chi connectivity index (χ4n) is 7.37. The predicted molar refractivity (Wildman–Crippen MR) is 79.4 cm³/mol. The lowest BCUT2D eigenvalue weighted by Gasteiger charge is -2.59. The zero-order valence-corrected chi connectivity index (χ0v) is 13.6. The van der Waals surface area contributed by atoms with Crippen molar-refractivity contribution in [1.29, 1.82) is 0 Å². The van der Waals surface area contributed by atoms with Crippen LogP contribution in [0.25, 0.3) is 0 Å². The standard InChI is InChI=1S/C19H18O5/c1-5-8-10-7(14-9(5)17(20)23-14)3-4-19-6(2)13-16(24-18(19)21)11(12(10)19)15(8)22-13/h6,9,11-16H,3-4H2,1-2H3/t6?,9-,11+,12+,13-,14+,15-,16+,19+/m0/s1. The monoisotopic (exact) mass is 326 g/mol. The number of carbonyl (C=O) groups excluding carboxylic acids is 2. The highest BCUT2D eigenvalue weighted by Gasteiger charge is 2.78. The molecule has 1 unspecified atom stereocenters. The summed E-state index contributed by atoms with van der Waals surface area (Å²) in [6.45, 7) is 4.23. The molecule has 4 bridgehead atoms. The highest BCUT2D eigenvalue weighted by Crippen LogP contribution is 2.73. The lowest BCUT2D eigenvalue weighted by Crippen LogP contribution is -2.66. The van der Waals surface area contributed by atoms with Crippen LogP contribution in [0, 0.1) is 29.1 Å². The van der Waals surface area contributed by atoms with Gasteiger partial charge in [-0.15, -0.1) is 0 Å². The zero-order chi connectivity index (χ0) is 16.1. The van der Waals surface area contributed by atoms with E-state index in [0.717, 1.165) is 18.4 Å². The van der Waals surface area contributed by atoms with Gasteiger partial charge < -0.3 is 14.2 Å². The Kier molecular flexibility index (Phi) is 1.78. The molecule has 8 aliphatic rings. The summed E-state index contributed by atoms with van der Waals surface area (Å²) in [4.78, 5) is 25.0. The van der Waals surface area contributed by atoms with Gasteiger partial charge in [-0.2, -0.15) is 0 Å². The summed E-state index contributed by atoms with van der Waals surface area (Å²) in [6.07, 6.45) is 1.46. The molecule has 24 heavy (non-hydrogen) atoms. The van der Waals surface area contributed by atoms with Gasteiger partial charge in [0.2, 0.25) is 0 Å². The highest BCUT2D eigenvalue weighted by atomic mass is 16.6. The molecule has 9 atom stereocenters. The summed E-state index contributed by atoms with van der Waals surface area (Å²) < 4.78 is 17.9. The Morgan fingerprint density at radius 1 is 1.08 bits per heavy atom. The van der Waals surface area contributed by atoms with Crippen LogP contribution >= 0.6 is 0 Å². The van der Waals surface area contributed by atoms with E-state index < -0.39 is 5.41 Å². The number of hydrogen-bond donors (Lipinski definition) is 0. The van der Waals surface area contributed by atoms with Gasteiger partial charge in [0.15, 0.2) is 0 Å². The Labute approximate surface area is 139 Å². The van der Waals surface area contributed by atoms with Crippen LogP contribution < -0.4 is 0 Å². The second-order valence-corrected chi connectivity index (χ2v) is 8.65. The average Bonchev–Trinajstić information content (AvgIpc) is 3.03. The fourth-order valence-corrected chi connectivity index (χ4v) is 7.37. The van der Waals surface area contributed by atoms with Gasteiger partial charge >= 0.3 is 11.9 Å². The van der Waals surface area contributed by atoms with Crippen LogP contribution in [0.15, 0.2) is 22.3 Å². The van der Waals surface area contributed by atoms with Crippen LogP contribution in [0.1, 0.15) is 26.7 Å². The summed E-state index contributed by atoms with van der Waals surface area (Å²) in [5.74, 6) is 0.406. The van der Waals surface area contributed by atoms with Gasteiger partial charge in [-0.25, -0.2) is 0 Å². The summed E-state index contributed by atoms with van der Waals surface area (Å²) in [5, 5.41) is 0. The van der Waals surface area contributed by atoms with E-state index in [2.05, 4.69) is 13.8 Å². The number of rotatable bonds is 0. The van der Waals surface area contributed by atoms with E-state index >= 15 is 0 Å². The van der Waals surface area contributed by atoms with Gasteiger partial charge in [-0.1, -0.05) is 6.92 Å². The molecule has 2 saturated carbocycles. The third-order valence-electron chi connectivity index (χ3n) is 8.30. The Hall–Kier alpha value is -1.62. The summed E-state index contributed by atoms with van der Waals surface area (Å²) in [7, 11) is 0. The number of hydrogen-bond acceptors (Lipinski definition) is 5. The third kappa shape index (κ3) is 0.937. The number of carbonyl (C=O) groups is 2. The smallest absolute Gasteiger partial charge is 0.317 e. The van der Waals surface area contributed by atoms with E-state index in [4.69, 9.17) is 14.2 Å². The molecule has 4 heterocycles. The van der Waals surface area contributed by atoms with Crippen LogP contribution in [0.5, 0.6) is 0 Å². The van der Waals surface area contributed by atoms with Crippen LogP contribution in [0.4, 0.5) is 0 Å². The molecule has 0 aromatic rings. The number of esters is 2. The van der Waals surface area contributed by atoms with Gasteiger partial charge in [0.25, 0.3) is 0 Å². The van der Waals surface area contributed by atoms with E-state index in [-0.39, 0.29) is 60.0 Å². The molecule has 0 aromatic heterocycles. The molecule has 1 spiro atoms. The fraction of sp³-hybridized carbons (Fsp3) is 0.684. The molecule has 0 radical (unpaired) electrons. The van der Waals surface area contributed by atoms with E-state index in [1.807, 2.05) is 0 Å². The minimum absolute atomic E-state index is 0.000116. The van der Waals surface area contributed by atoms with E-state index in [1.54, 1.807) is 0 Å². The van der Waals surface area contributed by atoms with Crippen molar-refractivity contribution >= 4 is 11.9 Å². The summed E-state index contributed by atoms with van der Waals surface area (Å²) in [5.41, 5.74) is 4.50. The lowest BCUT2D eigenvalue weighted by atomic mass is 9.49. The van der Waals surface area contributed by atoms with Crippen molar-refractivity contribution in [2.45, 2.75) is 51.1 Å². The second-order valence-electron chi connectivity index (χ2n) is 8.65. The van der Waals surface area contributed by atoms with Crippen molar-refractivity contribution < 1.29 is 23.8 Å². The first-order chi connectivity index (χ1) is 11.6. The van der Waals surface area contributed by atoms with Crippen molar-refractivity contribution in [2.24, 2.45) is 29.1 Å². The number of fused-ring (bicyclic) bond motifs is 4. The van der Waals surface area contributed by atoms with Gasteiger partial charge in [-0.05, 0) is 42.1 Å². The first kappa shape index (κ1) is 12.7. The molecule has 5 heteroatoms. The molecular weight excluding hydrogens is 308 g/mol. The molecule has 4 aliphatic carbocycles. The molecule has 4 saturated heterocycles. The molecule has 6 fully saturated rings. The van der Waals surface area contributed by atoms with Crippen LogP contribution in [0.3, 0.4) is 0 Å². The normalized spacial score (nSPS) is 57.8. The van der Waals surface area contributed by atoms with Crippen molar-refractivity contribution in [2.75, 3.05) is 0 Å². The first-order valence-electron chi connectivity index (χ1n) is 9.06. The third-order valence-corrected chi connectivity index (χ3v) is 8.30. The van der Waals surface area contributed by atoms with Crippen LogP contribution in [-0.2, 0) is 23.8 Å². The molecule has 0 aromatic carbocycles. The van der Waals surface area contributed by atoms with Gasteiger partial charge in [0, 0.05) is 17.8 Å². The topological polar surface area (TPSA) is 61.8 Å². The van der Waals surface area contributed by atoms with Gasteiger partial charge in [0.1, 0.15) is 18.1 Å². The van der Waals surface area contributed by atoms with E-state index in [9.17, 15) is 9.59 Å². The van der Waals surface area contributed by atoms with E-state index in [1.165, 1.54) is 16.7 Å². The number of ether oxygens (including phenoxy) is 3. The first-order valence-corrected chi connectivity index (χ1v) is 9.06.